The van der Waals surface area contributed by atoms with Crippen molar-refractivity contribution in [2.24, 2.45) is 0 Å². The van der Waals surface area contributed by atoms with Crippen LogP contribution in [0.2, 0.25) is 5.02 Å². The van der Waals surface area contributed by atoms with Gasteiger partial charge in [-0.05, 0) is 41.5 Å². The summed E-state index contributed by atoms with van der Waals surface area (Å²) in [5.41, 5.74) is -2.32. The highest BCUT2D eigenvalue weighted by Gasteiger charge is 2.41. The van der Waals surface area contributed by atoms with E-state index in [9.17, 15) is 22.4 Å². The zero-order chi connectivity index (χ0) is 25.8. The number of hydrogen-bond donors (Lipinski definition) is 2. The minimum absolute atomic E-state index is 0.0584. The molecule has 6 nitrogen and oxygen atoms in total. The molecule has 0 bridgehead atoms. The number of hydrogen-bond acceptors (Lipinski definition) is 4. The Kier molecular flexibility index (Phi) is 7.16. The molecule has 11 heteroatoms. The van der Waals surface area contributed by atoms with E-state index in [1.54, 1.807) is 30.3 Å². The highest BCUT2D eigenvalue weighted by molar-refractivity contribution is 6.30. The number of pyridine rings is 1. The van der Waals surface area contributed by atoms with Crippen LogP contribution < -0.4 is 10.6 Å². The highest BCUT2D eigenvalue weighted by Crippen LogP contribution is 2.38. The van der Waals surface area contributed by atoms with Gasteiger partial charge in [-0.3, -0.25) is 15.3 Å². The highest BCUT2D eigenvalue weighted by atomic mass is 35.5. The Balaban J connectivity index is 1.91. The van der Waals surface area contributed by atoms with Gasteiger partial charge >= 0.3 is 12.2 Å². The molecule has 0 saturated heterocycles. The number of nitrogens with zero attached hydrogens (tertiary/aromatic N) is 3. The first-order valence-electron chi connectivity index (χ1n) is 10.6. The fourth-order valence-corrected chi connectivity index (χ4v) is 3.87. The van der Waals surface area contributed by atoms with E-state index < -0.39 is 29.1 Å². The van der Waals surface area contributed by atoms with Crippen molar-refractivity contribution in [1.29, 1.82) is 0 Å². The van der Waals surface area contributed by atoms with Gasteiger partial charge in [0.05, 0.1) is 22.5 Å². The Morgan fingerprint density at radius 1 is 0.917 bits per heavy atom. The van der Waals surface area contributed by atoms with Crippen molar-refractivity contribution in [2.45, 2.75) is 18.1 Å². The first-order chi connectivity index (χ1) is 17.2. The van der Waals surface area contributed by atoms with E-state index in [-0.39, 0.29) is 28.5 Å². The molecule has 1 unspecified atom stereocenters. The molecule has 184 valence electrons. The fourth-order valence-electron chi connectivity index (χ4n) is 3.76. The molecule has 0 aliphatic heterocycles. The minimum atomic E-state index is -4.83. The molecule has 2 N–H and O–H groups in total. The van der Waals surface area contributed by atoms with Gasteiger partial charge in [0.25, 0.3) is 0 Å². The van der Waals surface area contributed by atoms with E-state index in [0.717, 1.165) is 12.1 Å². The molecule has 0 aliphatic rings. The molecule has 36 heavy (non-hydrogen) atoms. The molecule has 0 aliphatic carbocycles. The lowest BCUT2D eigenvalue weighted by molar-refractivity contribution is -0.137. The molecule has 2 aromatic heterocycles. The second-order valence-corrected chi connectivity index (χ2v) is 8.26. The van der Waals surface area contributed by atoms with Gasteiger partial charge in [0.1, 0.15) is 11.4 Å². The van der Waals surface area contributed by atoms with Crippen molar-refractivity contribution in [3.05, 3.63) is 119 Å². The number of benzene rings is 2. The van der Waals surface area contributed by atoms with Crippen LogP contribution in [0.1, 0.15) is 22.4 Å². The minimum Gasteiger partial charge on any atom is -0.322 e. The molecule has 2 aromatic carbocycles. The van der Waals surface area contributed by atoms with Gasteiger partial charge in [0.2, 0.25) is 0 Å². The Morgan fingerprint density at radius 2 is 1.67 bits per heavy atom. The summed E-state index contributed by atoms with van der Waals surface area (Å²) in [6.07, 6.45) is 0.467. The number of halogens is 5. The number of rotatable bonds is 6. The van der Waals surface area contributed by atoms with Crippen LogP contribution in [0.25, 0.3) is 0 Å². The van der Waals surface area contributed by atoms with Gasteiger partial charge < -0.3 is 5.32 Å². The third kappa shape index (κ3) is 5.77. The average Bonchev–Trinajstić information content (AvgIpc) is 2.84. The number of carbonyl (C=O) groups is 1. The molecule has 0 radical (unpaired) electrons. The molecule has 0 fully saturated rings. The summed E-state index contributed by atoms with van der Waals surface area (Å²) >= 11 is 6.01. The van der Waals surface area contributed by atoms with E-state index in [0.29, 0.717) is 11.6 Å². The van der Waals surface area contributed by atoms with Crippen LogP contribution in [0, 0.1) is 5.82 Å². The summed E-state index contributed by atoms with van der Waals surface area (Å²) in [5.74, 6) is -1.02. The van der Waals surface area contributed by atoms with Gasteiger partial charge in [-0.1, -0.05) is 41.9 Å². The van der Waals surface area contributed by atoms with E-state index in [1.807, 2.05) is 0 Å². The van der Waals surface area contributed by atoms with E-state index in [4.69, 9.17) is 11.6 Å². The van der Waals surface area contributed by atoms with Crippen LogP contribution in [0.4, 0.5) is 28.2 Å². The standard InChI is InChI=1S/C25H18ClF4N5O/c26-19-6-7-21(33-14-19)24(13-16-4-2-1-3-5-16,35-23(36)34-22-15-31-8-9-32-22)17-10-18(25(28,29)30)12-20(27)11-17/h1-12,14-15H,13H2,(H2,32,34,35,36). The van der Waals surface area contributed by atoms with Crippen LogP contribution >= 0.6 is 11.6 Å². The second-order valence-electron chi connectivity index (χ2n) is 7.83. The summed E-state index contributed by atoms with van der Waals surface area (Å²) in [6.45, 7) is 0. The molecule has 0 spiro atoms. The van der Waals surface area contributed by atoms with Crippen molar-refractivity contribution in [3.8, 4) is 0 Å². The van der Waals surface area contributed by atoms with Crippen LogP contribution in [-0.4, -0.2) is 21.0 Å². The number of urea groups is 1. The molecular formula is C25H18ClF4N5O. The van der Waals surface area contributed by atoms with E-state index in [2.05, 4.69) is 25.6 Å². The Labute approximate surface area is 208 Å². The zero-order valence-electron chi connectivity index (χ0n) is 18.4. The van der Waals surface area contributed by atoms with Gasteiger partial charge in [0, 0.05) is 25.0 Å². The maximum Gasteiger partial charge on any atom is 0.416 e. The monoisotopic (exact) mass is 515 g/mol. The van der Waals surface area contributed by atoms with Gasteiger partial charge in [0.15, 0.2) is 5.82 Å². The van der Waals surface area contributed by atoms with Gasteiger partial charge in [-0.25, -0.2) is 14.2 Å². The first kappa shape index (κ1) is 25.1. The Bertz CT molecular complexity index is 1340. The summed E-state index contributed by atoms with van der Waals surface area (Å²) in [4.78, 5) is 25.3. The molecular weight excluding hydrogens is 498 g/mol. The van der Waals surface area contributed by atoms with Crippen LogP contribution in [-0.2, 0) is 18.1 Å². The van der Waals surface area contributed by atoms with Crippen molar-refractivity contribution >= 4 is 23.4 Å². The Hall–Kier alpha value is -4.05. The average molecular weight is 516 g/mol. The van der Waals surface area contributed by atoms with Crippen LogP contribution in [0.5, 0.6) is 0 Å². The predicted molar refractivity (Wildman–Crippen MR) is 126 cm³/mol. The fraction of sp³-hybridized carbons (Fsp3) is 0.120. The number of aromatic nitrogens is 3. The second kappa shape index (κ2) is 10.3. The van der Waals surface area contributed by atoms with Crippen LogP contribution in [0.3, 0.4) is 0 Å². The smallest absolute Gasteiger partial charge is 0.322 e. The topological polar surface area (TPSA) is 79.8 Å². The number of anilines is 1. The summed E-state index contributed by atoms with van der Waals surface area (Å²) < 4.78 is 55.6. The number of nitrogens with one attached hydrogen (secondary N) is 2. The quantitative estimate of drug-likeness (QED) is 0.309. The maximum absolute atomic E-state index is 14.6. The predicted octanol–water partition coefficient (Wildman–Crippen LogP) is 5.99. The third-order valence-electron chi connectivity index (χ3n) is 5.33. The first-order valence-corrected chi connectivity index (χ1v) is 10.9. The van der Waals surface area contributed by atoms with E-state index in [1.165, 1.54) is 36.9 Å². The van der Waals surface area contributed by atoms with E-state index >= 15 is 0 Å². The summed E-state index contributed by atoms with van der Waals surface area (Å²) in [5, 5.41) is 5.50. The molecule has 2 amide bonds. The Morgan fingerprint density at radius 3 is 2.31 bits per heavy atom. The molecule has 1 atom stereocenters. The summed E-state index contributed by atoms with van der Waals surface area (Å²) in [6, 6.07) is 13.0. The number of alkyl halides is 3. The third-order valence-corrected chi connectivity index (χ3v) is 5.55. The molecule has 2 heterocycles. The van der Waals surface area contributed by atoms with Crippen molar-refractivity contribution in [3.63, 3.8) is 0 Å². The molecule has 4 aromatic rings. The number of carbonyl (C=O) groups excluding carboxylic acids is 1. The van der Waals surface area contributed by atoms with Gasteiger partial charge in [-0.15, -0.1) is 0 Å². The van der Waals surface area contributed by atoms with Crippen molar-refractivity contribution in [2.75, 3.05) is 5.32 Å². The number of amides is 2. The normalized spacial score (nSPS) is 13.0. The lowest BCUT2D eigenvalue weighted by atomic mass is 9.80. The van der Waals surface area contributed by atoms with Gasteiger partial charge in [-0.2, -0.15) is 13.2 Å². The SMILES string of the molecule is O=C(Nc1cnccn1)NC(Cc1ccccc1)(c1cc(F)cc(C(F)(F)F)c1)c1ccc(Cl)cn1. The lowest BCUT2D eigenvalue weighted by Crippen LogP contribution is -2.51. The lowest BCUT2D eigenvalue weighted by Gasteiger charge is -2.35. The zero-order valence-corrected chi connectivity index (χ0v) is 19.2. The summed E-state index contributed by atoms with van der Waals surface area (Å²) in [7, 11) is 0. The van der Waals surface area contributed by atoms with Crippen molar-refractivity contribution < 1.29 is 22.4 Å². The maximum atomic E-state index is 14.6. The largest absolute Gasteiger partial charge is 0.416 e. The van der Waals surface area contributed by atoms with Crippen LogP contribution in [0.15, 0.2) is 85.5 Å². The molecule has 4 rings (SSSR count). The molecule has 0 saturated carbocycles. The van der Waals surface area contributed by atoms with Crippen molar-refractivity contribution in [1.82, 2.24) is 20.3 Å².